The van der Waals surface area contributed by atoms with Crippen LogP contribution in [-0.2, 0) is 10.3 Å². The predicted octanol–water partition coefficient (Wildman–Crippen LogP) is 3.71. The Hall–Kier alpha value is -5.00. The molecule has 0 spiro atoms. The zero-order chi connectivity index (χ0) is 22.3. The highest BCUT2D eigenvalue weighted by molar-refractivity contribution is 5.96. The van der Waals surface area contributed by atoms with Gasteiger partial charge in [0.1, 0.15) is 11.5 Å². The Balaban J connectivity index is 0.000000858. The van der Waals surface area contributed by atoms with Gasteiger partial charge in [0.05, 0.1) is 5.56 Å². The molecule has 0 unspecified atom stereocenters. The Morgan fingerprint density at radius 3 is 1.68 bits per heavy atom. The van der Waals surface area contributed by atoms with Crippen molar-refractivity contribution in [2.75, 3.05) is 0 Å². The van der Waals surface area contributed by atoms with Gasteiger partial charge in [0.25, 0.3) is 18.8 Å². The molecule has 0 amide bonds. The highest BCUT2D eigenvalue weighted by Gasteiger charge is 2.48. The summed E-state index contributed by atoms with van der Waals surface area (Å²) in [5, 5.41) is 31.1. The highest BCUT2D eigenvalue weighted by atomic mass is 16.6. The zero-order valence-corrected chi connectivity index (χ0v) is 15.9. The molecule has 1 aliphatic heterocycles. The quantitative estimate of drug-likeness (QED) is 0.507. The van der Waals surface area contributed by atoms with Crippen LogP contribution in [0.2, 0.25) is 0 Å². The van der Waals surface area contributed by atoms with Crippen LogP contribution in [0.5, 0.6) is 11.5 Å². The van der Waals surface area contributed by atoms with Gasteiger partial charge in [0.2, 0.25) is 0 Å². The van der Waals surface area contributed by atoms with Gasteiger partial charge in [-0.3, -0.25) is 0 Å². The lowest BCUT2D eigenvalue weighted by Gasteiger charge is -2.30. The Labute approximate surface area is 177 Å². The number of carbonyl (C=O) groups excluding carboxylic acids is 1. The molecule has 0 aromatic heterocycles. The van der Waals surface area contributed by atoms with Crippen LogP contribution >= 0.6 is 0 Å². The van der Waals surface area contributed by atoms with Crippen LogP contribution in [0.25, 0.3) is 0 Å². The molecule has 1 aliphatic rings. The fourth-order valence-corrected chi connectivity index (χ4v) is 3.43. The molecule has 0 fully saturated rings. The number of fused-ring (bicyclic) bond motifs is 1. The number of rotatable bonds is 4. The third-order valence-corrected chi connectivity index (χ3v) is 4.62. The minimum atomic E-state index is -1.16. The summed E-state index contributed by atoms with van der Waals surface area (Å²) in [7, 11) is 0. The lowest BCUT2D eigenvalue weighted by molar-refractivity contribution is 0.0251. The first-order valence-electron chi connectivity index (χ1n) is 8.79. The second-order valence-electron chi connectivity index (χ2n) is 6.15. The number of aliphatic hydroxyl groups excluding tert-OH is 1. The summed E-state index contributed by atoms with van der Waals surface area (Å²) < 4.78 is 15.6. The van der Waals surface area contributed by atoms with Crippen molar-refractivity contribution in [1.82, 2.24) is 0 Å². The van der Waals surface area contributed by atoms with Crippen molar-refractivity contribution in [2.24, 2.45) is 0 Å². The summed E-state index contributed by atoms with van der Waals surface area (Å²) >= 11 is 0. The van der Waals surface area contributed by atoms with E-state index in [0.29, 0.717) is 33.8 Å². The Morgan fingerprint density at radius 2 is 1.23 bits per heavy atom. The standard InChI is InChI=1S/C22H12N2O4.CHNO/c23-13-26-17-9-5-15(6-10-17)22(16-7-11-18(12-8-16)27-14-24)20-4-2-1-3-19(20)21(25)28-22;2-1-3/h1-12H;3H. The van der Waals surface area contributed by atoms with Crippen molar-refractivity contribution in [3.05, 3.63) is 95.1 Å². The molecule has 31 heavy (non-hydrogen) atoms. The summed E-state index contributed by atoms with van der Waals surface area (Å²) in [6.45, 7) is 0. The second kappa shape index (κ2) is 9.00. The topological polar surface area (TPSA) is 136 Å². The summed E-state index contributed by atoms with van der Waals surface area (Å²) in [6, 6.07) is 20.8. The van der Waals surface area contributed by atoms with Crippen molar-refractivity contribution >= 4 is 5.97 Å². The Morgan fingerprint density at radius 1 is 0.774 bits per heavy atom. The van der Waals surface area contributed by atoms with Gasteiger partial charge in [0, 0.05) is 16.7 Å². The van der Waals surface area contributed by atoms with E-state index in [1.54, 1.807) is 73.2 Å². The van der Waals surface area contributed by atoms with Crippen LogP contribution in [0.3, 0.4) is 0 Å². The molecule has 0 bridgehead atoms. The monoisotopic (exact) mass is 411 g/mol. The number of hydrogen-bond acceptors (Lipinski definition) is 8. The average Bonchev–Trinajstić information content (AvgIpc) is 3.10. The number of nitriles is 3. The SMILES string of the molecule is N#CO.N#COc1ccc(C2(c3ccc(OC#N)cc3)OC(=O)c3ccccc32)cc1. The van der Waals surface area contributed by atoms with Crippen molar-refractivity contribution < 1.29 is 24.1 Å². The molecule has 8 heteroatoms. The highest BCUT2D eigenvalue weighted by Crippen LogP contribution is 2.47. The third-order valence-electron chi connectivity index (χ3n) is 4.62. The molecule has 8 nitrogen and oxygen atoms in total. The minimum Gasteiger partial charge on any atom is -0.443 e. The third kappa shape index (κ3) is 3.80. The van der Waals surface area contributed by atoms with Crippen molar-refractivity contribution in [2.45, 2.75) is 5.60 Å². The van der Waals surface area contributed by atoms with Crippen LogP contribution in [0.1, 0.15) is 27.0 Å². The minimum absolute atomic E-state index is 0.386. The van der Waals surface area contributed by atoms with E-state index in [9.17, 15) is 4.79 Å². The Kier molecular flexibility index (Phi) is 6.02. The number of aliphatic hydroxyl groups is 1. The number of carbonyl (C=O) groups is 1. The largest absolute Gasteiger partial charge is 0.443 e. The molecule has 1 N–H and O–H groups in total. The fourth-order valence-electron chi connectivity index (χ4n) is 3.43. The molecule has 0 radical (unpaired) electrons. The van der Waals surface area contributed by atoms with Gasteiger partial charge in [-0.25, -0.2) is 4.79 Å². The van der Waals surface area contributed by atoms with Gasteiger partial charge in [0.15, 0.2) is 5.60 Å². The lowest BCUT2D eigenvalue weighted by atomic mass is 9.80. The van der Waals surface area contributed by atoms with Gasteiger partial charge < -0.3 is 19.3 Å². The van der Waals surface area contributed by atoms with Crippen molar-refractivity contribution in [3.8, 4) is 30.3 Å². The van der Waals surface area contributed by atoms with Gasteiger partial charge >= 0.3 is 5.97 Å². The first kappa shape index (κ1) is 20.7. The molecule has 0 saturated heterocycles. The van der Waals surface area contributed by atoms with E-state index in [1.165, 1.54) is 0 Å². The molecule has 0 atom stereocenters. The van der Waals surface area contributed by atoms with Gasteiger partial charge in [-0.2, -0.15) is 5.26 Å². The van der Waals surface area contributed by atoms with Crippen molar-refractivity contribution in [1.29, 1.82) is 15.8 Å². The van der Waals surface area contributed by atoms with Crippen LogP contribution in [-0.4, -0.2) is 11.1 Å². The maximum absolute atomic E-state index is 12.6. The van der Waals surface area contributed by atoms with E-state index >= 15 is 0 Å². The smallest absolute Gasteiger partial charge is 0.340 e. The first-order valence-corrected chi connectivity index (χ1v) is 8.79. The van der Waals surface area contributed by atoms with E-state index in [0.717, 1.165) is 6.26 Å². The number of esters is 1. The molecule has 3 aromatic carbocycles. The average molecular weight is 411 g/mol. The molecule has 4 rings (SSSR count). The normalized spacial score (nSPS) is 12.5. The predicted molar refractivity (Wildman–Crippen MR) is 105 cm³/mol. The zero-order valence-electron chi connectivity index (χ0n) is 15.9. The van der Waals surface area contributed by atoms with Crippen LogP contribution in [0.15, 0.2) is 72.8 Å². The van der Waals surface area contributed by atoms with Crippen LogP contribution < -0.4 is 9.47 Å². The molecule has 1 heterocycles. The van der Waals surface area contributed by atoms with Gasteiger partial charge in [-0.05, 0) is 30.3 Å². The molecule has 150 valence electrons. The van der Waals surface area contributed by atoms with Crippen molar-refractivity contribution in [3.63, 3.8) is 0 Å². The summed E-state index contributed by atoms with van der Waals surface area (Å²) in [6.07, 6.45) is 4.01. The summed E-state index contributed by atoms with van der Waals surface area (Å²) in [4.78, 5) is 12.6. The Bertz CT molecular complexity index is 1160. The molecule has 0 aliphatic carbocycles. The summed E-state index contributed by atoms with van der Waals surface area (Å²) in [5.74, 6) is 0.346. The van der Waals surface area contributed by atoms with Crippen LogP contribution in [0, 0.1) is 34.6 Å². The number of benzene rings is 3. The van der Waals surface area contributed by atoms with Gasteiger partial charge in [-0.15, -0.1) is 10.5 Å². The van der Waals surface area contributed by atoms with E-state index in [2.05, 4.69) is 0 Å². The van der Waals surface area contributed by atoms with Crippen LogP contribution in [0.4, 0.5) is 0 Å². The van der Waals surface area contributed by atoms with Gasteiger partial charge in [-0.1, -0.05) is 42.5 Å². The number of ether oxygens (including phenoxy) is 3. The molecular weight excluding hydrogens is 398 g/mol. The van der Waals surface area contributed by atoms with E-state index in [4.69, 9.17) is 35.1 Å². The summed E-state index contributed by atoms with van der Waals surface area (Å²) in [5.41, 5.74) is 1.43. The lowest BCUT2D eigenvalue weighted by Crippen LogP contribution is -2.29. The first-order chi connectivity index (χ1) is 15.1. The second-order valence-corrected chi connectivity index (χ2v) is 6.15. The maximum atomic E-state index is 12.6. The van der Waals surface area contributed by atoms with E-state index in [1.807, 2.05) is 12.1 Å². The number of nitrogens with zero attached hydrogens (tertiary/aromatic N) is 3. The molecular formula is C23H13N3O5. The molecule has 0 saturated carbocycles. The number of hydrogen-bond donors (Lipinski definition) is 1. The maximum Gasteiger partial charge on any atom is 0.340 e. The molecule has 3 aromatic rings. The fraction of sp³-hybridized carbons (Fsp3) is 0.0435. The van der Waals surface area contributed by atoms with E-state index in [-0.39, 0.29) is 0 Å². The van der Waals surface area contributed by atoms with E-state index < -0.39 is 11.6 Å². The number of cyclic esters (lactones) is 1.